The van der Waals surface area contributed by atoms with Crippen molar-refractivity contribution in [2.24, 2.45) is 0 Å². The van der Waals surface area contributed by atoms with Crippen LogP contribution in [0.3, 0.4) is 0 Å². The summed E-state index contributed by atoms with van der Waals surface area (Å²) < 4.78 is 57.1. The molecule has 0 aliphatic carbocycles. The Labute approximate surface area is 239 Å². The van der Waals surface area contributed by atoms with Crippen LogP contribution in [0.1, 0.15) is 32.6 Å². The molecule has 11 heteroatoms. The van der Waals surface area contributed by atoms with Crippen molar-refractivity contribution in [2.75, 3.05) is 14.8 Å². The second-order valence-electron chi connectivity index (χ2n) is 9.46. The van der Waals surface area contributed by atoms with Crippen LogP contribution in [0.2, 0.25) is 5.02 Å². The van der Waals surface area contributed by atoms with E-state index >= 15 is 0 Å². The second-order valence-corrected chi connectivity index (χ2v) is 13.2. The van der Waals surface area contributed by atoms with E-state index in [0.29, 0.717) is 33.2 Å². The van der Waals surface area contributed by atoms with Gasteiger partial charge in [0, 0.05) is 22.0 Å². The largest absolute Gasteiger partial charge is 0.322 e. The van der Waals surface area contributed by atoms with Crippen molar-refractivity contribution in [1.82, 2.24) is 0 Å². The van der Waals surface area contributed by atoms with E-state index in [1.54, 1.807) is 50.2 Å². The van der Waals surface area contributed by atoms with E-state index < -0.39 is 26.0 Å². The van der Waals surface area contributed by atoms with Crippen molar-refractivity contribution in [2.45, 2.75) is 37.5 Å². The van der Waals surface area contributed by atoms with Gasteiger partial charge in [0.1, 0.15) is 0 Å². The van der Waals surface area contributed by atoms with Crippen molar-refractivity contribution < 1.29 is 21.6 Å². The summed E-state index contributed by atoms with van der Waals surface area (Å²) in [6, 6.07) is 20.3. The Morgan fingerprint density at radius 3 is 2.00 bits per heavy atom. The minimum atomic E-state index is -3.97. The Kier molecular flexibility index (Phi) is 8.25. The summed E-state index contributed by atoms with van der Waals surface area (Å²) in [4.78, 5) is 12.9. The molecule has 3 N–H and O–H groups in total. The molecule has 0 aliphatic rings. The third kappa shape index (κ3) is 6.64. The molecule has 40 heavy (non-hydrogen) atoms. The number of amides is 1. The van der Waals surface area contributed by atoms with Gasteiger partial charge < -0.3 is 5.32 Å². The lowest BCUT2D eigenvalue weighted by Crippen LogP contribution is -2.17. The number of hydrogen-bond acceptors (Lipinski definition) is 5. The summed E-state index contributed by atoms with van der Waals surface area (Å²) in [5.74, 6) is -0.550. The van der Waals surface area contributed by atoms with Crippen LogP contribution in [0.15, 0.2) is 88.7 Å². The van der Waals surface area contributed by atoms with Crippen molar-refractivity contribution in [3.8, 4) is 0 Å². The van der Waals surface area contributed by atoms with Crippen molar-refractivity contribution in [1.29, 1.82) is 0 Å². The first-order valence-corrected chi connectivity index (χ1v) is 15.5. The minimum Gasteiger partial charge on any atom is -0.322 e. The Balaban J connectivity index is 1.51. The molecule has 0 heterocycles. The third-order valence-corrected chi connectivity index (χ3v) is 9.46. The van der Waals surface area contributed by atoms with Gasteiger partial charge in [-0.15, -0.1) is 0 Å². The molecular formula is C29H28ClN3O5S2. The molecule has 0 aliphatic heterocycles. The van der Waals surface area contributed by atoms with Gasteiger partial charge >= 0.3 is 0 Å². The van der Waals surface area contributed by atoms with Crippen molar-refractivity contribution in [3.63, 3.8) is 0 Å². The molecule has 0 aromatic heterocycles. The van der Waals surface area contributed by atoms with Crippen LogP contribution in [-0.4, -0.2) is 22.7 Å². The van der Waals surface area contributed by atoms with Crippen LogP contribution in [-0.2, 0) is 20.0 Å². The van der Waals surface area contributed by atoms with E-state index in [1.807, 2.05) is 19.9 Å². The maximum atomic E-state index is 13.2. The fourth-order valence-corrected chi connectivity index (χ4v) is 6.73. The average molecular weight is 598 g/mol. The van der Waals surface area contributed by atoms with Crippen LogP contribution >= 0.6 is 11.6 Å². The summed E-state index contributed by atoms with van der Waals surface area (Å²) >= 11 is 6.09. The number of sulfonamides is 2. The fraction of sp³-hybridized carbons (Fsp3) is 0.138. The van der Waals surface area contributed by atoms with E-state index in [1.165, 1.54) is 36.4 Å². The zero-order valence-corrected chi connectivity index (χ0v) is 24.6. The molecule has 4 rings (SSSR count). The van der Waals surface area contributed by atoms with E-state index in [-0.39, 0.29) is 15.4 Å². The molecule has 0 fully saturated rings. The first-order valence-electron chi connectivity index (χ1n) is 12.2. The first-order chi connectivity index (χ1) is 18.7. The first kappa shape index (κ1) is 29.1. The number of benzene rings is 4. The molecule has 208 valence electrons. The lowest BCUT2D eigenvalue weighted by molar-refractivity contribution is 0.102. The van der Waals surface area contributed by atoms with Gasteiger partial charge in [-0.3, -0.25) is 14.2 Å². The SMILES string of the molecule is Cc1cc(C)cc(NS(=O)(=O)c2cc(C(=O)Nc3ccc(S(=O)(=O)Nc4cccc(Cl)c4C)cc3)ccc2C)c1. The average Bonchev–Trinajstić information content (AvgIpc) is 2.86. The van der Waals surface area contributed by atoms with Crippen molar-refractivity contribution >= 4 is 54.6 Å². The van der Waals surface area contributed by atoms with Crippen LogP contribution in [0.25, 0.3) is 0 Å². The molecule has 4 aromatic carbocycles. The number of aryl methyl sites for hydroxylation is 3. The number of anilines is 3. The quantitative estimate of drug-likeness (QED) is 0.216. The Morgan fingerprint density at radius 2 is 1.35 bits per heavy atom. The topological polar surface area (TPSA) is 121 Å². The van der Waals surface area contributed by atoms with Crippen LogP contribution < -0.4 is 14.8 Å². The van der Waals surface area contributed by atoms with Gasteiger partial charge in [0.2, 0.25) is 0 Å². The van der Waals surface area contributed by atoms with Gasteiger partial charge in [-0.05, 0) is 111 Å². The van der Waals surface area contributed by atoms with Crippen LogP contribution in [0.5, 0.6) is 0 Å². The molecule has 0 spiro atoms. The lowest BCUT2D eigenvalue weighted by Gasteiger charge is -2.14. The van der Waals surface area contributed by atoms with Gasteiger partial charge in [0.05, 0.1) is 15.5 Å². The zero-order valence-electron chi connectivity index (χ0n) is 22.2. The van der Waals surface area contributed by atoms with E-state index in [2.05, 4.69) is 14.8 Å². The molecule has 0 radical (unpaired) electrons. The summed E-state index contributed by atoms with van der Waals surface area (Å²) in [6.07, 6.45) is 0. The highest BCUT2D eigenvalue weighted by Crippen LogP contribution is 2.27. The van der Waals surface area contributed by atoms with Gasteiger partial charge in [-0.2, -0.15) is 0 Å². The van der Waals surface area contributed by atoms with Crippen LogP contribution in [0, 0.1) is 27.7 Å². The molecule has 4 aromatic rings. The Bertz CT molecular complexity index is 1800. The van der Waals surface area contributed by atoms with Crippen molar-refractivity contribution in [3.05, 3.63) is 112 Å². The second kappa shape index (κ2) is 11.3. The molecule has 0 unspecified atom stereocenters. The van der Waals surface area contributed by atoms with E-state index in [9.17, 15) is 21.6 Å². The molecule has 8 nitrogen and oxygen atoms in total. The zero-order chi connectivity index (χ0) is 29.2. The van der Waals surface area contributed by atoms with Gasteiger partial charge in [0.25, 0.3) is 26.0 Å². The normalized spacial score (nSPS) is 11.6. The Hall–Kier alpha value is -3.86. The number of nitrogens with one attached hydrogen (secondary N) is 3. The standard InChI is InChI=1S/C29H28ClN3O5S2/c1-18-14-19(2)16-24(15-18)32-40(37,38)28-17-22(9-8-20(28)3)29(34)31-23-10-12-25(13-11-23)39(35,36)33-27-7-5-6-26(30)21(27)4/h5-17,32-33H,1-4H3,(H,31,34). The predicted octanol–water partition coefficient (Wildman–Crippen LogP) is 6.43. The van der Waals surface area contributed by atoms with Gasteiger partial charge in [-0.1, -0.05) is 29.8 Å². The maximum Gasteiger partial charge on any atom is 0.262 e. The van der Waals surface area contributed by atoms with Gasteiger partial charge in [0.15, 0.2) is 0 Å². The number of carbonyl (C=O) groups excluding carboxylic acids is 1. The molecule has 0 saturated carbocycles. The van der Waals surface area contributed by atoms with E-state index in [4.69, 9.17) is 11.6 Å². The molecule has 0 atom stereocenters. The fourth-order valence-electron chi connectivity index (χ4n) is 4.12. The van der Waals surface area contributed by atoms with Gasteiger partial charge in [-0.25, -0.2) is 16.8 Å². The highest BCUT2D eigenvalue weighted by atomic mass is 35.5. The summed E-state index contributed by atoms with van der Waals surface area (Å²) in [5, 5.41) is 3.12. The molecule has 1 amide bonds. The van der Waals surface area contributed by atoms with E-state index in [0.717, 1.165) is 11.1 Å². The highest BCUT2D eigenvalue weighted by molar-refractivity contribution is 7.93. The number of rotatable bonds is 8. The lowest BCUT2D eigenvalue weighted by atomic mass is 10.1. The summed E-state index contributed by atoms with van der Waals surface area (Å²) in [6.45, 7) is 7.11. The number of carbonyl (C=O) groups is 1. The summed E-state index contributed by atoms with van der Waals surface area (Å²) in [7, 11) is -7.88. The third-order valence-electron chi connectivity index (χ3n) is 6.15. The smallest absolute Gasteiger partial charge is 0.262 e. The summed E-state index contributed by atoms with van der Waals surface area (Å²) in [5.41, 5.74) is 4.16. The number of halogens is 1. The monoisotopic (exact) mass is 597 g/mol. The Morgan fingerprint density at radius 1 is 0.700 bits per heavy atom. The predicted molar refractivity (Wildman–Crippen MR) is 159 cm³/mol. The maximum absolute atomic E-state index is 13.2. The molecule has 0 saturated heterocycles. The molecular weight excluding hydrogens is 570 g/mol. The highest BCUT2D eigenvalue weighted by Gasteiger charge is 2.21. The van der Waals surface area contributed by atoms with Crippen LogP contribution in [0.4, 0.5) is 17.1 Å². The number of hydrogen-bond donors (Lipinski definition) is 3. The molecule has 0 bridgehead atoms. The minimum absolute atomic E-state index is 0.00829.